The highest BCUT2D eigenvalue weighted by atomic mass is 16.6. The van der Waals surface area contributed by atoms with Crippen LogP contribution < -0.4 is 0 Å². The van der Waals surface area contributed by atoms with Crippen LogP contribution in [0.3, 0.4) is 0 Å². The van der Waals surface area contributed by atoms with Crippen molar-refractivity contribution >= 4 is 11.6 Å². The zero-order valence-corrected chi connectivity index (χ0v) is 14.5. The van der Waals surface area contributed by atoms with Gasteiger partial charge in [0, 0.05) is 17.3 Å². The molecular formula is C20H25NO3. The molecule has 1 saturated heterocycles. The Morgan fingerprint density at radius 3 is 2.67 bits per heavy atom. The van der Waals surface area contributed by atoms with Crippen LogP contribution in [-0.4, -0.2) is 23.3 Å². The van der Waals surface area contributed by atoms with E-state index < -0.39 is 5.92 Å². The van der Waals surface area contributed by atoms with Gasteiger partial charge in [-0.1, -0.05) is 13.8 Å². The molecule has 0 N–H and O–H groups in total. The molecule has 3 unspecified atom stereocenters. The molecule has 4 saturated carbocycles. The van der Waals surface area contributed by atoms with E-state index in [0.717, 1.165) is 38.5 Å². The normalized spacial score (nSPS) is 58.1. The van der Waals surface area contributed by atoms with Gasteiger partial charge in [-0.05, 0) is 56.3 Å². The number of hydrogen-bond acceptors (Lipinski definition) is 4. The monoisotopic (exact) mass is 327 g/mol. The summed E-state index contributed by atoms with van der Waals surface area (Å²) in [5.74, 6) is 1.52. The van der Waals surface area contributed by atoms with E-state index in [9.17, 15) is 14.9 Å². The van der Waals surface area contributed by atoms with Crippen molar-refractivity contribution in [2.75, 3.05) is 0 Å². The zero-order chi connectivity index (χ0) is 16.9. The van der Waals surface area contributed by atoms with Crippen LogP contribution in [0.2, 0.25) is 0 Å². The fourth-order valence-electron chi connectivity index (χ4n) is 7.46. The van der Waals surface area contributed by atoms with Gasteiger partial charge in [0.2, 0.25) is 0 Å². The van der Waals surface area contributed by atoms with Crippen molar-refractivity contribution in [1.82, 2.24) is 0 Å². The number of nitriles is 1. The topological polar surface area (TPSA) is 70.5 Å². The van der Waals surface area contributed by atoms with E-state index in [4.69, 9.17) is 4.74 Å². The summed E-state index contributed by atoms with van der Waals surface area (Å²) in [6.45, 7) is 4.47. The number of rotatable bonds is 0. The van der Waals surface area contributed by atoms with E-state index in [0.29, 0.717) is 30.0 Å². The highest BCUT2D eigenvalue weighted by molar-refractivity contribution is 5.92. The minimum atomic E-state index is -0.507. The third kappa shape index (κ3) is 1.46. The summed E-state index contributed by atoms with van der Waals surface area (Å²) in [4.78, 5) is 24.9. The molecular weight excluding hydrogens is 302 g/mol. The minimum Gasteiger partial charge on any atom is -0.357 e. The molecule has 1 heterocycles. The van der Waals surface area contributed by atoms with Gasteiger partial charge in [-0.25, -0.2) is 0 Å². The Bertz CT molecular complexity index is 695. The Morgan fingerprint density at radius 1 is 1.12 bits per heavy atom. The van der Waals surface area contributed by atoms with E-state index in [2.05, 4.69) is 19.9 Å². The molecule has 128 valence electrons. The number of hydrogen-bond donors (Lipinski definition) is 0. The van der Waals surface area contributed by atoms with Gasteiger partial charge in [-0.2, -0.15) is 5.26 Å². The average molecular weight is 327 g/mol. The number of epoxide rings is 1. The van der Waals surface area contributed by atoms with Gasteiger partial charge < -0.3 is 4.74 Å². The third-order valence-corrected chi connectivity index (χ3v) is 8.86. The molecule has 24 heavy (non-hydrogen) atoms. The first-order chi connectivity index (χ1) is 11.4. The van der Waals surface area contributed by atoms with Crippen LogP contribution in [0.1, 0.15) is 58.8 Å². The molecule has 5 fully saturated rings. The van der Waals surface area contributed by atoms with Crippen molar-refractivity contribution in [3.63, 3.8) is 0 Å². The first-order valence-corrected chi connectivity index (χ1v) is 9.52. The SMILES string of the molecule is C[C@]12CCC3C(CC[C@@]45O[C@@H]4C(=O)[C@H](C#N)C[C@]35C)C1CCC2=O. The van der Waals surface area contributed by atoms with E-state index >= 15 is 0 Å². The summed E-state index contributed by atoms with van der Waals surface area (Å²) in [6.07, 6.45) is 6.12. The van der Waals surface area contributed by atoms with Crippen LogP contribution in [0, 0.1) is 45.8 Å². The van der Waals surface area contributed by atoms with Crippen LogP contribution in [0.25, 0.3) is 0 Å². The molecule has 5 aliphatic rings. The fourth-order valence-corrected chi connectivity index (χ4v) is 7.46. The van der Waals surface area contributed by atoms with Gasteiger partial charge in [-0.3, -0.25) is 9.59 Å². The van der Waals surface area contributed by atoms with E-state index in [1.165, 1.54) is 0 Å². The Kier molecular flexibility index (Phi) is 2.70. The Hall–Kier alpha value is -1.21. The summed E-state index contributed by atoms with van der Waals surface area (Å²) >= 11 is 0. The van der Waals surface area contributed by atoms with Gasteiger partial charge in [0.1, 0.15) is 23.4 Å². The maximum atomic E-state index is 12.5. The molecule has 5 rings (SSSR count). The molecule has 8 atom stereocenters. The van der Waals surface area contributed by atoms with Crippen LogP contribution in [0.5, 0.6) is 0 Å². The lowest BCUT2D eigenvalue weighted by molar-refractivity contribution is -0.142. The number of nitrogens with zero attached hydrogens (tertiary/aromatic N) is 1. The molecule has 4 aliphatic carbocycles. The third-order valence-electron chi connectivity index (χ3n) is 8.86. The summed E-state index contributed by atoms with van der Waals surface area (Å²) in [6, 6.07) is 2.24. The maximum absolute atomic E-state index is 12.5. The second-order valence-corrected chi connectivity index (χ2v) is 9.43. The van der Waals surface area contributed by atoms with E-state index in [1.54, 1.807) is 0 Å². The number of ether oxygens (including phenoxy) is 1. The van der Waals surface area contributed by atoms with Crippen molar-refractivity contribution in [1.29, 1.82) is 5.26 Å². The highest BCUT2D eigenvalue weighted by Gasteiger charge is 2.78. The number of fused-ring (bicyclic) bond motifs is 4. The molecule has 0 bridgehead atoms. The number of Topliss-reactive ketones (excluding diaryl/α,β-unsaturated/α-hetero) is 2. The molecule has 0 aromatic rings. The van der Waals surface area contributed by atoms with Gasteiger partial charge in [-0.15, -0.1) is 0 Å². The lowest BCUT2D eigenvalue weighted by Gasteiger charge is -2.58. The number of carbonyl (C=O) groups excluding carboxylic acids is 2. The Balaban J connectivity index is 1.54. The fraction of sp³-hybridized carbons (Fsp3) is 0.850. The smallest absolute Gasteiger partial charge is 0.181 e. The van der Waals surface area contributed by atoms with Crippen LogP contribution in [0.15, 0.2) is 0 Å². The number of carbonyl (C=O) groups is 2. The van der Waals surface area contributed by atoms with E-state index in [1.807, 2.05) is 0 Å². The quantitative estimate of drug-likeness (QED) is 0.641. The van der Waals surface area contributed by atoms with Gasteiger partial charge >= 0.3 is 0 Å². The summed E-state index contributed by atoms with van der Waals surface area (Å²) in [5.41, 5.74) is -0.498. The molecule has 0 radical (unpaired) electrons. The predicted molar refractivity (Wildman–Crippen MR) is 85.7 cm³/mol. The average Bonchev–Trinajstić information content (AvgIpc) is 3.23. The van der Waals surface area contributed by atoms with Crippen molar-refractivity contribution in [3.8, 4) is 6.07 Å². The van der Waals surface area contributed by atoms with Crippen molar-refractivity contribution < 1.29 is 14.3 Å². The summed E-state index contributed by atoms with van der Waals surface area (Å²) in [7, 11) is 0. The second-order valence-electron chi connectivity index (χ2n) is 9.43. The zero-order valence-electron chi connectivity index (χ0n) is 14.5. The molecule has 4 nitrogen and oxygen atoms in total. The summed E-state index contributed by atoms with van der Waals surface area (Å²) in [5, 5.41) is 9.45. The van der Waals surface area contributed by atoms with Crippen LogP contribution >= 0.6 is 0 Å². The standard InChI is InChI=1S/C20H25NO3/c1-18-7-6-14-12(13(18)3-4-15(18)22)5-8-20-17(24-20)16(23)11(10-21)9-19(14,20)2/h11-14,17H,3-9H2,1-2H3/t11-,12?,13?,14?,17+,18-,19+,20+/m0/s1. The first kappa shape index (κ1) is 15.1. The Morgan fingerprint density at radius 2 is 1.92 bits per heavy atom. The van der Waals surface area contributed by atoms with Crippen molar-refractivity contribution in [2.24, 2.45) is 34.5 Å². The Labute approximate surface area is 142 Å². The van der Waals surface area contributed by atoms with Crippen molar-refractivity contribution in [3.05, 3.63) is 0 Å². The van der Waals surface area contributed by atoms with Gasteiger partial charge in [0.25, 0.3) is 0 Å². The van der Waals surface area contributed by atoms with Crippen LogP contribution in [-0.2, 0) is 14.3 Å². The molecule has 1 spiro atoms. The molecule has 4 heteroatoms. The second kappa shape index (κ2) is 4.30. The lowest BCUT2D eigenvalue weighted by Crippen LogP contribution is -2.59. The van der Waals surface area contributed by atoms with Gasteiger partial charge in [0.05, 0.1) is 6.07 Å². The lowest BCUT2D eigenvalue weighted by atomic mass is 9.44. The highest BCUT2D eigenvalue weighted by Crippen LogP contribution is 2.72. The van der Waals surface area contributed by atoms with E-state index in [-0.39, 0.29) is 28.3 Å². The molecule has 0 amide bonds. The van der Waals surface area contributed by atoms with Gasteiger partial charge in [0.15, 0.2) is 5.78 Å². The maximum Gasteiger partial charge on any atom is 0.181 e. The minimum absolute atomic E-state index is 0.0186. The molecule has 1 aliphatic heterocycles. The number of ketones is 2. The largest absolute Gasteiger partial charge is 0.357 e. The van der Waals surface area contributed by atoms with Crippen LogP contribution in [0.4, 0.5) is 0 Å². The molecule has 0 aromatic heterocycles. The first-order valence-electron chi connectivity index (χ1n) is 9.52. The summed E-state index contributed by atoms with van der Waals surface area (Å²) < 4.78 is 6.06. The predicted octanol–water partition coefficient (Wildman–Crippen LogP) is 3.05. The van der Waals surface area contributed by atoms with Crippen molar-refractivity contribution in [2.45, 2.75) is 70.5 Å². The molecule has 0 aromatic carbocycles.